The minimum Gasteiger partial charge on any atom is -0.785 e. The number of benzene rings is 1. The Bertz CT molecular complexity index is 531. The molecule has 168 valence electrons. The molecule has 0 aromatic heterocycles. The van der Waals surface area contributed by atoms with Crippen LogP contribution < -0.4 is 9.47 Å². The summed E-state index contributed by atoms with van der Waals surface area (Å²) < 4.78 is 11.6. The summed E-state index contributed by atoms with van der Waals surface area (Å²) in [5.74, 6) is 1.47. The Hall–Kier alpha value is -1.26. The van der Waals surface area contributed by atoms with Crippen molar-refractivity contribution in [3.63, 3.8) is 0 Å². The lowest BCUT2D eigenvalue weighted by Crippen LogP contribution is -2.11. The van der Waals surface area contributed by atoms with Gasteiger partial charge in [0, 0.05) is 12.1 Å². The molecule has 0 unspecified atom stereocenters. The lowest BCUT2D eigenvalue weighted by Gasteiger charge is -2.25. The van der Waals surface area contributed by atoms with Gasteiger partial charge in [-0.2, -0.15) is 0 Å². The van der Waals surface area contributed by atoms with Gasteiger partial charge in [0.05, 0.1) is 13.7 Å². The molecule has 0 heterocycles. The van der Waals surface area contributed by atoms with Crippen LogP contribution in [-0.2, 0) is 13.0 Å². The SMILES string of the molecule is CCCCCCCCCCCCCCOc1c(CN(C)[O-])cc(CC)cc1OC. The van der Waals surface area contributed by atoms with Crippen LogP contribution in [-0.4, -0.2) is 25.8 Å². The first-order valence-electron chi connectivity index (χ1n) is 11.8. The summed E-state index contributed by atoms with van der Waals surface area (Å²) >= 11 is 0. The molecule has 29 heavy (non-hydrogen) atoms. The highest BCUT2D eigenvalue weighted by Crippen LogP contribution is 2.34. The highest BCUT2D eigenvalue weighted by molar-refractivity contribution is 5.49. The number of unbranched alkanes of at least 4 members (excludes halogenated alkanes) is 11. The first kappa shape index (κ1) is 25.8. The second kappa shape index (κ2) is 16.5. The molecule has 0 aliphatic carbocycles. The van der Waals surface area contributed by atoms with E-state index in [4.69, 9.17) is 9.47 Å². The highest BCUT2D eigenvalue weighted by Gasteiger charge is 2.13. The minimum absolute atomic E-state index is 0.317. The van der Waals surface area contributed by atoms with Crippen molar-refractivity contribution in [2.45, 2.75) is 104 Å². The van der Waals surface area contributed by atoms with Gasteiger partial charge in [0.1, 0.15) is 0 Å². The zero-order valence-electron chi connectivity index (χ0n) is 19.4. The van der Waals surface area contributed by atoms with Crippen molar-refractivity contribution in [3.8, 4) is 11.5 Å². The average Bonchev–Trinajstić information content (AvgIpc) is 2.71. The van der Waals surface area contributed by atoms with E-state index in [0.29, 0.717) is 13.2 Å². The molecule has 0 N–H and O–H groups in total. The summed E-state index contributed by atoms with van der Waals surface area (Å²) in [7, 11) is 3.20. The Labute approximate surface area is 179 Å². The molecule has 0 saturated heterocycles. The third-order valence-electron chi connectivity index (χ3n) is 5.46. The Morgan fingerprint density at radius 2 is 1.38 bits per heavy atom. The third kappa shape index (κ3) is 11.5. The molecule has 1 rings (SSSR count). The van der Waals surface area contributed by atoms with Crippen molar-refractivity contribution in [1.29, 1.82) is 0 Å². The van der Waals surface area contributed by atoms with Crippen molar-refractivity contribution in [3.05, 3.63) is 28.5 Å². The zero-order chi connectivity index (χ0) is 21.3. The summed E-state index contributed by atoms with van der Waals surface area (Å²) in [6.45, 7) is 5.37. The molecule has 0 aliphatic rings. The summed E-state index contributed by atoms with van der Waals surface area (Å²) in [6.07, 6.45) is 16.9. The van der Waals surface area contributed by atoms with E-state index >= 15 is 0 Å². The van der Waals surface area contributed by atoms with Crippen molar-refractivity contribution in [1.82, 2.24) is 5.06 Å². The average molecular weight is 407 g/mol. The molecule has 4 heteroatoms. The number of rotatable bonds is 18. The van der Waals surface area contributed by atoms with Gasteiger partial charge in [-0.05, 0) is 31.5 Å². The Morgan fingerprint density at radius 3 is 1.86 bits per heavy atom. The molecule has 0 saturated carbocycles. The van der Waals surface area contributed by atoms with Gasteiger partial charge in [-0.3, -0.25) is 0 Å². The van der Waals surface area contributed by atoms with Crippen molar-refractivity contribution in [2.24, 2.45) is 0 Å². The largest absolute Gasteiger partial charge is 0.785 e. The fraction of sp³-hybridized carbons (Fsp3) is 0.760. The van der Waals surface area contributed by atoms with E-state index in [1.54, 1.807) is 14.2 Å². The Balaban J connectivity index is 2.25. The topological polar surface area (TPSA) is 44.8 Å². The molecule has 0 fully saturated rings. The number of hydrogen-bond donors (Lipinski definition) is 0. The van der Waals surface area contributed by atoms with Crippen LogP contribution in [0.4, 0.5) is 0 Å². The molecular formula is C25H44NO3-. The molecule has 0 amide bonds. The summed E-state index contributed by atoms with van der Waals surface area (Å²) in [5, 5.41) is 12.5. The maximum Gasteiger partial charge on any atom is 0.165 e. The standard InChI is InChI=1S/C25H44NO3/c1-5-7-8-9-10-11-12-13-14-15-16-17-18-29-25-23(21-26(3)27)19-22(6-2)20-24(25)28-4/h19-20H,5-18,21H2,1-4H3/q-1. The van der Waals surface area contributed by atoms with Gasteiger partial charge in [0.15, 0.2) is 11.5 Å². The van der Waals surface area contributed by atoms with E-state index in [9.17, 15) is 5.21 Å². The number of hydrogen-bond acceptors (Lipinski definition) is 4. The molecule has 0 radical (unpaired) electrons. The maximum absolute atomic E-state index is 11.6. The number of aryl methyl sites for hydroxylation is 1. The van der Waals surface area contributed by atoms with Crippen LogP contribution >= 0.6 is 0 Å². The van der Waals surface area contributed by atoms with Crippen LogP contribution in [0.5, 0.6) is 11.5 Å². The van der Waals surface area contributed by atoms with Crippen LogP contribution in [0.15, 0.2) is 12.1 Å². The van der Waals surface area contributed by atoms with E-state index in [1.807, 2.05) is 6.07 Å². The number of methoxy groups -OCH3 is 1. The maximum atomic E-state index is 11.6. The van der Waals surface area contributed by atoms with E-state index in [-0.39, 0.29) is 0 Å². The lowest BCUT2D eigenvalue weighted by atomic mass is 10.1. The van der Waals surface area contributed by atoms with E-state index in [1.165, 1.54) is 70.6 Å². The van der Waals surface area contributed by atoms with Gasteiger partial charge >= 0.3 is 0 Å². The van der Waals surface area contributed by atoms with Gasteiger partial charge < -0.3 is 19.7 Å². The first-order chi connectivity index (χ1) is 14.1. The normalized spacial score (nSPS) is 11.2. The summed E-state index contributed by atoms with van der Waals surface area (Å²) in [4.78, 5) is 0. The minimum atomic E-state index is 0.317. The van der Waals surface area contributed by atoms with Crippen LogP contribution in [0, 0.1) is 5.21 Å². The molecule has 0 bridgehead atoms. The van der Waals surface area contributed by atoms with Crippen LogP contribution in [0.2, 0.25) is 0 Å². The highest BCUT2D eigenvalue weighted by atomic mass is 16.5. The molecule has 1 aromatic carbocycles. The van der Waals surface area contributed by atoms with Gasteiger partial charge in [-0.25, -0.2) is 0 Å². The quantitative estimate of drug-likeness (QED) is 0.190. The van der Waals surface area contributed by atoms with E-state index in [0.717, 1.165) is 40.5 Å². The Morgan fingerprint density at radius 1 is 0.828 bits per heavy atom. The third-order valence-corrected chi connectivity index (χ3v) is 5.46. The lowest BCUT2D eigenvalue weighted by molar-refractivity contribution is 0.277. The van der Waals surface area contributed by atoms with E-state index in [2.05, 4.69) is 19.9 Å². The van der Waals surface area contributed by atoms with Gasteiger partial charge in [0.2, 0.25) is 0 Å². The molecular weight excluding hydrogens is 362 g/mol. The van der Waals surface area contributed by atoms with Gasteiger partial charge in [-0.15, -0.1) is 0 Å². The number of nitrogens with zero attached hydrogens (tertiary/aromatic N) is 1. The second-order valence-electron chi connectivity index (χ2n) is 8.16. The fourth-order valence-electron chi connectivity index (χ4n) is 3.72. The van der Waals surface area contributed by atoms with Crippen LogP contribution in [0.25, 0.3) is 0 Å². The van der Waals surface area contributed by atoms with Gasteiger partial charge in [-0.1, -0.05) is 90.5 Å². The van der Waals surface area contributed by atoms with Crippen molar-refractivity contribution >= 4 is 0 Å². The smallest absolute Gasteiger partial charge is 0.165 e. The molecule has 1 aromatic rings. The van der Waals surface area contributed by atoms with Crippen molar-refractivity contribution in [2.75, 3.05) is 20.8 Å². The summed E-state index contributed by atoms with van der Waals surface area (Å²) in [5.41, 5.74) is 2.08. The molecule has 0 spiro atoms. The number of ether oxygens (including phenoxy) is 2. The first-order valence-corrected chi connectivity index (χ1v) is 11.8. The second-order valence-corrected chi connectivity index (χ2v) is 8.16. The zero-order valence-corrected chi connectivity index (χ0v) is 19.4. The Kier molecular flexibility index (Phi) is 14.7. The molecule has 0 aliphatic heterocycles. The molecule has 0 atom stereocenters. The van der Waals surface area contributed by atoms with Crippen LogP contribution in [0.3, 0.4) is 0 Å². The molecule has 4 nitrogen and oxygen atoms in total. The van der Waals surface area contributed by atoms with Crippen LogP contribution in [0.1, 0.15) is 102 Å². The number of hydroxylamine groups is 2. The monoisotopic (exact) mass is 406 g/mol. The fourth-order valence-corrected chi connectivity index (χ4v) is 3.72. The van der Waals surface area contributed by atoms with Crippen molar-refractivity contribution < 1.29 is 9.47 Å². The predicted octanol–water partition coefficient (Wildman–Crippen LogP) is 7.27. The summed E-state index contributed by atoms with van der Waals surface area (Å²) in [6, 6.07) is 4.08. The van der Waals surface area contributed by atoms with Gasteiger partial charge in [0.25, 0.3) is 0 Å². The predicted molar refractivity (Wildman–Crippen MR) is 124 cm³/mol. The van der Waals surface area contributed by atoms with E-state index < -0.39 is 0 Å².